The van der Waals surface area contributed by atoms with Crippen LogP contribution in [0, 0.1) is 5.92 Å². The van der Waals surface area contributed by atoms with Crippen LogP contribution in [0.25, 0.3) is 0 Å². The molecule has 2 aromatic heterocycles. The van der Waals surface area contributed by atoms with Gasteiger partial charge in [-0.05, 0) is 18.6 Å². The summed E-state index contributed by atoms with van der Waals surface area (Å²) < 4.78 is 48.3. The van der Waals surface area contributed by atoms with Crippen LogP contribution in [0.5, 0.6) is 5.88 Å². The predicted molar refractivity (Wildman–Crippen MR) is 104 cm³/mol. The van der Waals surface area contributed by atoms with Crippen LogP contribution in [0.1, 0.15) is 12.0 Å². The zero-order valence-electron chi connectivity index (χ0n) is 16.6. The summed E-state index contributed by atoms with van der Waals surface area (Å²) in [5, 5.41) is 6.09. The summed E-state index contributed by atoms with van der Waals surface area (Å²) in [6, 6.07) is 3.43. The van der Waals surface area contributed by atoms with Gasteiger partial charge in [0.25, 0.3) is 0 Å². The zero-order chi connectivity index (χ0) is 22.0. The van der Waals surface area contributed by atoms with Crippen LogP contribution >= 0.6 is 0 Å². The fourth-order valence-corrected chi connectivity index (χ4v) is 3.35. The van der Waals surface area contributed by atoms with Crippen molar-refractivity contribution in [2.24, 2.45) is 5.92 Å². The first-order valence-corrected chi connectivity index (χ1v) is 9.68. The lowest BCUT2D eigenvalue weighted by Crippen LogP contribution is -2.44. The first-order chi connectivity index (χ1) is 14.8. The lowest BCUT2D eigenvalue weighted by atomic mass is 10.1. The third kappa shape index (κ3) is 4.79. The molecule has 4 heterocycles. The van der Waals surface area contributed by atoms with E-state index in [1.54, 1.807) is 12.1 Å². The van der Waals surface area contributed by atoms with Gasteiger partial charge in [-0.25, -0.2) is 9.97 Å². The van der Waals surface area contributed by atoms with Crippen LogP contribution in [-0.4, -0.2) is 65.2 Å². The van der Waals surface area contributed by atoms with E-state index in [1.165, 1.54) is 7.11 Å². The average molecular weight is 438 g/mol. The van der Waals surface area contributed by atoms with Crippen molar-refractivity contribution >= 4 is 23.4 Å². The Kier molecular flexibility index (Phi) is 5.81. The van der Waals surface area contributed by atoms with Gasteiger partial charge in [-0.3, -0.25) is 4.79 Å². The number of anilines is 3. The number of aromatic nitrogens is 3. The summed E-state index contributed by atoms with van der Waals surface area (Å²) in [7, 11) is 1.43. The molecule has 0 spiro atoms. The summed E-state index contributed by atoms with van der Waals surface area (Å²) in [4.78, 5) is 25.9. The molecule has 4 rings (SSSR count). The Bertz CT molecular complexity index is 936. The summed E-state index contributed by atoms with van der Waals surface area (Å²) in [6.45, 7) is 2.24. The highest BCUT2D eigenvalue weighted by Crippen LogP contribution is 2.30. The molecule has 12 heteroatoms. The van der Waals surface area contributed by atoms with Crippen LogP contribution in [0.4, 0.5) is 30.6 Å². The molecule has 1 atom stereocenters. The molecule has 0 aromatic carbocycles. The number of halogens is 3. The van der Waals surface area contributed by atoms with Gasteiger partial charge in [0, 0.05) is 31.5 Å². The van der Waals surface area contributed by atoms with E-state index in [1.807, 2.05) is 4.90 Å². The van der Waals surface area contributed by atoms with Gasteiger partial charge < -0.3 is 25.0 Å². The Morgan fingerprint density at radius 3 is 2.61 bits per heavy atom. The number of nitrogens with one attached hydrogen (secondary N) is 2. The van der Waals surface area contributed by atoms with Crippen molar-refractivity contribution in [3.63, 3.8) is 0 Å². The Balaban J connectivity index is 1.38. The highest BCUT2D eigenvalue weighted by atomic mass is 19.4. The molecule has 9 nitrogen and oxygen atoms in total. The van der Waals surface area contributed by atoms with Crippen molar-refractivity contribution in [2.45, 2.75) is 18.6 Å². The van der Waals surface area contributed by atoms with E-state index < -0.39 is 11.7 Å². The second kappa shape index (κ2) is 8.53. The molecule has 2 saturated heterocycles. The fraction of sp³-hybridized carbons (Fsp3) is 0.474. The number of alkyl halides is 3. The molecule has 0 aliphatic carbocycles. The number of likely N-dealkylation sites (tertiary alicyclic amines) is 1. The second-order valence-electron chi connectivity index (χ2n) is 7.32. The SMILES string of the molecule is COc1nc(NC2CCN(C(=O)C3COC3)C2)ccc1Nc1ncc(C(F)(F)F)cn1. The Morgan fingerprint density at radius 1 is 1.26 bits per heavy atom. The Hall–Kier alpha value is -3.15. The van der Waals surface area contributed by atoms with E-state index in [4.69, 9.17) is 9.47 Å². The molecule has 0 saturated carbocycles. The number of carbonyl (C=O) groups is 1. The minimum atomic E-state index is -4.50. The van der Waals surface area contributed by atoms with Gasteiger partial charge in [0.05, 0.1) is 31.8 Å². The fourth-order valence-electron chi connectivity index (χ4n) is 3.35. The lowest BCUT2D eigenvalue weighted by molar-refractivity contribution is -0.148. The Morgan fingerprint density at radius 2 is 2.00 bits per heavy atom. The second-order valence-corrected chi connectivity index (χ2v) is 7.32. The zero-order valence-corrected chi connectivity index (χ0v) is 16.6. The van der Waals surface area contributed by atoms with Crippen LogP contribution < -0.4 is 15.4 Å². The smallest absolute Gasteiger partial charge is 0.419 e. The summed E-state index contributed by atoms with van der Waals surface area (Å²) in [5.41, 5.74) is -0.530. The van der Waals surface area contributed by atoms with Crippen molar-refractivity contribution in [2.75, 3.05) is 44.0 Å². The highest BCUT2D eigenvalue weighted by Gasteiger charge is 2.34. The summed E-state index contributed by atoms with van der Waals surface area (Å²) in [6.07, 6.45) is -2.30. The molecule has 2 aliphatic rings. The standard InChI is InChI=1S/C19H21F3N6O3/c1-30-16-14(26-18-23-6-12(7-24-18)19(20,21)22)2-3-15(27-16)25-13-4-5-28(8-13)17(29)11-9-31-10-11/h2-3,6-7,11,13H,4-5,8-10H2,1H3,(H,25,27)(H,23,24,26). The van der Waals surface area contributed by atoms with E-state index in [-0.39, 0.29) is 29.7 Å². The number of methoxy groups -OCH3 is 1. The van der Waals surface area contributed by atoms with Gasteiger partial charge in [0.15, 0.2) is 0 Å². The van der Waals surface area contributed by atoms with E-state index in [0.717, 1.165) is 6.42 Å². The molecule has 2 aliphatic heterocycles. The number of hydrogen-bond donors (Lipinski definition) is 2. The van der Waals surface area contributed by atoms with E-state index >= 15 is 0 Å². The molecule has 1 unspecified atom stereocenters. The first kappa shape index (κ1) is 21.1. The Labute approximate surface area is 176 Å². The first-order valence-electron chi connectivity index (χ1n) is 9.68. The van der Waals surface area contributed by atoms with Crippen LogP contribution in [-0.2, 0) is 15.7 Å². The van der Waals surface area contributed by atoms with Crippen molar-refractivity contribution in [1.29, 1.82) is 0 Å². The number of hydrogen-bond acceptors (Lipinski definition) is 8. The van der Waals surface area contributed by atoms with Gasteiger partial charge in [-0.15, -0.1) is 0 Å². The van der Waals surface area contributed by atoms with Crippen molar-refractivity contribution < 1.29 is 27.4 Å². The molecule has 1 amide bonds. The highest BCUT2D eigenvalue weighted by molar-refractivity contribution is 5.80. The largest absolute Gasteiger partial charge is 0.479 e. The number of ether oxygens (including phenoxy) is 2. The van der Waals surface area contributed by atoms with E-state index in [9.17, 15) is 18.0 Å². The molecule has 0 radical (unpaired) electrons. The third-order valence-electron chi connectivity index (χ3n) is 5.12. The van der Waals surface area contributed by atoms with Gasteiger partial charge in [0.2, 0.25) is 17.7 Å². The number of amides is 1. The maximum absolute atomic E-state index is 12.6. The molecular formula is C19H21F3N6O3. The topological polar surface area (TPSA) is 102 Å². The average Bonchev–Trinajstić information content (AvgIpc) is 3.16. The normalized spacial score (nSPS) is 19.1. The molecule has 166 valence electrons. The van der Waals surface area contributed by atoms with E-state index in [0.29, 0.717) is 50.2 Å². The minimum Gasteiger partial charge on any atom is -0.479 e. The maximum Gasteiger partial charge on any atom is 0.419 e. The van der Waals surface area contributed by atoms with Crippen LogP contribution in [0.3, 0.4) is 0 Å². The number of rotatable bonds is 6. The minimum absolute atomic E-state index is 0.0151. The van der Waals surface area contributed by atoms with Crippen molar-refractivity contribution in [3.8, 4) is 5.88 Å². The van der Waals surface area contributed by atoms with Crippen molar-refractivity contribution in [3.05, 3.63) is 30.1 Å². The molecule has 31 heavy (non-hydrogen) atoms. The molecule has 2 aromatic rings. The van der Waals surface area contributed by atoms with Crippen molar-refractivity contribution in [1.82, 2.24) is 19.9 Å². The lowest BCUT2D eigenvalue weighted by Gasteiger charge is -2.29. The predicted octanol–water partition coefficient (Wildman–Crippen LogP) is 2.30. The van der Waals surface area contributed by atoms with Gasteiger partial charge >= 0.3 is 6.18 Å². The third-order valence-corrected chi connectivity index (χ3v) is 5.12. The summed E-state index contributed by atoms with van der Waals surface area (Å²) in [5.74, 6) is 0.860. The van der Waals surface area contributed by atoms with E-state index in [2.05, 4.69) is 25.6 Å². The quantitative estimate of drug-likeness (QED) is 0.709. The van der Waals surface area contributed by atoms with Gasteiger partial charge in [-0.1, -0.05) is 0 Å². The number of nitrogens with zero attached hydrogens (tertiary/aromatic N) is 4. The molecule has 2 N–H and O–H groups in total. The molecular weight excluding hydrogens is 417 g/mol. The molecule has 0 bridgehead atoms. The van der Waals surface area contributed by atoms with Crippen LogP contribution in [0.15, 0.2) is 24.5 Å². The van der Waals surface area contributed by atoms with Crippen LogP contribution in [0.2, 0.25) is 0 Å². The number of pyridine rings is 1. The number of carbonyl (C=O) groups excluding carboxylic acids is 1. The molecule has 2 fully saturated rings. The summed E-state index contributed by atoms with van der Waals surface area (Å²) >= 11 is 0. The monoisotopic (exact) mass is 438 g/mol. The maximum atomic E-state index is 12.6. The van der Waals surface area contributed by atoms with Gasteiger partial charge in [0.1, 0.15) is 11.5 Å². The van der Waals surface area contributed by atoms with Gasteiger partial charge in [-0.2, -0.15) is 18.2 Å².